The molecule has 2 amide bonds. The van der Waals surface area contributed by atoms with E-state index in [1.807, 2.05) is 6.92 Å². The molecule has 0 aliphatic rings. The largest absolute Gasteiger partial charge is 0.497 e. The van der Waals surface area contributed by atoms with Crippen LogP contribution >= 0.6 is 0 Å². The highest BCUT2D eigenvalue weighted by Gasteiger charge is 2.17. The van der Waals surface area contributed by atoms with Crippen LogP contribution in [-0.4, -0.2) is 51.2 Å². The fourth-order valence-corrected chi connectivity index (χ4v) is 1.89. The molecule has 0 heterocycles. The van der Waals surface area contributed by atoms with Crippen molar-refractivity contribution in [2.24, 2.45) is 0 Å². The topological polar surface area (TPSA) is 103 Å². The number of benzene rings is 1. The maximum absolute atomic E-state index is 12.1. The molecule has 0 bridgehead atoms. The van der Waals surface area contributed by atoms with Gasteiger partial charge in [-0.2, -0.15) is 0 Å². The molecule has 1 aromatic carbocycles. The molecule has 8 nitrogen and oxygen atoms in total. The van der Waals surface area contributed by atoms with Crippen LogP contribution in [0.25, 0.3) is 0 Å². The van der Waals surface area contributed by atoms with Crippen molar-refractivity contribution in [1.82, 2.24) is 10.6 Å². The van der Waals surface area contributed by atoms with Crippen LogP contribution in [0.5, 0.6) is 11.5 Å². The molecular formula is C17H24N2O6. The first kappa shape index (κ1) is 20.3. The molecule has 1 aromatic rings. The summed E-state index contributed by atoms with van der Waals surface area (Å²) in [7, 11) is 2.92. The van der Waals surface area contributed by atoms with Crippen LogP contribution < -0.4 is 20.1 Å². The SMILES string of the molecule is CCCNC(=O)[C@@H](C)NC(=O)COC(=O)c1cc(OC)cc(OC)c1. The summed E-state index contributed by atoms with van der Waals surface area (Å²) >= 11 is 0. The normalized spacial score (nSPS) is 11.2. The smallest absolute Gasteiger partial charge is 0.338 e. The van der Waals surface area contributed by atoms with Crippen LogP contribution in [0.2, 0.25) is 0 Å². The number of carbonyl (C=O) groups is 3. The molecular weight excluding hydrogens is 328 g/mol. The third-order valence-corrected chi connectivity index (χ3v) is 3.24. The average Bonchev–Trinajstić information content (AvgIpc) is 2.63. The Kier molecular flexibility index (Phi) is 8.25. The fourth-order valence-electron chi connectivity index (χ4n) is 1.89. The van der Waals surface area contributed by atoms with Crippen LogP contribution in [0, 0.1) is 0 Å². The summed E-state index contributed by atoms with van der Waals surface area (Å²) in [4.78, 5) is 35.5. The standard InChI is InChI=1S/C17H24N2O6/c1-5-6-18-16(21)11(2)19-15(20)10-25-17(22)12-7-13(23-3)9-14(8-12)24-4/h7-9,11H,5-6,10H2,1-4H3,(H,18,21)(H,19,20)/t11-/m1/s1. The van der Waals surface area contributed by atoms with Crippen molar-refractivity contribution in [3.63, 3.8) is 0 Å². The summed E-state index contributed by atoms with van der Waals surface area (Å²) in [5.74, 6) is -0.703. The molecule has 138 valence electrons. The van der Waals surface area contributed by atoms with Crippen molar-refractivity contribution >= 4 is 17.8 Å². The van der Waals surface area contributed by atoms with Gasteiger partial charge < -0.3 is 24.8 Å². The Morgan fingerprint density at radius 1 is 1.08 bits per heavy atom. The number of carbonyl (C=O) groups excluding carboxylic acids is 3. The molecule has 1 rings (SSSR count). The number of hydrogen-bond acceptors (Lipinski definition) is 6. The Hall–Kier alpha value is -2.77. The van der Waals surface area contributed by atoms with Gasteiger partial charge in [0.2, 0.25) is 5.91 Å². The lowest BCUT2D eigenvalue weighted by Crippen LogP contribution is -2.46. The van der Waals surface area contributed by atoms with E-state index in [1.165, 1.54) is 26.4 Å². The maximum Gasteiger partial charge on any atom is 0.338 e. The van der Waals surface area contributed by atoms with Crippen LogP contribution in [-0.2, 0) is 14.3 Å². The maximum atomic E-state index is 12.1. The van der Waals surface area contributed by atoms with Crippen molar-refractivity contribution in [2.45, 2.75) is 26.3 Å². The van der Waals surface area contributed by atoms with E-state index in [0.29, 0.717) is 18.0 Å². The Balaban J connectivity index is 2.55. The molecule has 2 N–H and O–H groups in total. The number of rotatable bonds is 9. The van der Waals surface area contributed by atoms with Crippen LogP contribution in [0.1, 0.15) is 30.6 Å². The summed E-state index contributed by atoms with van der Waals surface area (Å²) in [6, 6.07) is 3.85. The lowest BCUT2D eigenvalue weighted by atomic mass is 10.2. The molecule has 0 spiro atoms. The van der Waals surface area contributed by atoms with Gasteiger partial charge in [-0.05, 0) is 25.5 Å². The van der Waals surface area contributed by atoms with E-state index < -0.39 is 24.5 Å². The van der Waals surface area contributed by atoms with Gasteiger partial charge in [0.25, 0.3) is 5.91 Å². The zero-order valence-electron chi connectivity index (χ0n) is 14.9. The Morgan fingerprint density at radius 2 is 1.68 bits per heavy atom. The van der Waals surface area contributed by atoms with Crippen LogP contribution in [0.15, 0.2) is 18.2 Å². The number of hydrogen-bond donors (Lipinski definition) is 2. The van der Waals surface area contributed by atoms with E-state index >= 15 is 0 Å². The van der Waals surface area contributed by atoms with Gasteiger partial charge in [0.1, 0.15) is 17.5 Å². The zero-order chi connectivity index (χ0) is 18.8. The van der Waals surface area contributed by atoms with Crippen molar-refractivity contribution in [1.29, 1.82) is 0 Å². The lowest BCUT2D eigenvalue weighted by Gasteiger charge is -2.14. The number of amides is 2. The number of ether oxygens (including phenoxy) is 3. The highest BCUT2D eigenvalue weighted by atomic mass is 16.5. The van der Waals surface area contributed by atoms with E-state index in [4.69, 9.17) is 14.2 Å². The van der Waals surface area contributed by atoms with Gasteiger partial charge in [0.15, 0.2) is 6.61 Å². The summed E-state index contributed by atoms with van der Waals surface area (Å²) < 4.78 is 15.1. The first-order valence-corrected chi connectivity index (χ1v) is 7.88. The third kappa shape index (κ3) is 6.70. The van der Waals surface area contributed by atoms with Crippen molar-refractivity contribution < 1.29 is 28.6 Å². The Labute approximate surface area is 146 Å². The average molecular weight is 352 g/mol. The highest BCUT2D eigenvalue weighted by Crippen LogP contribution is 2.22. The molecule has 0 unspecified atom stereocenters. The van der Waals surface area contributed by atoms with Crippen LogP contribution in [0.3, 0.4) is 0 Å². The molecule has 0 saturated heterocycles. The van der Waals surface area contributed by atoms with Gasteiger partial charge in [0, 0.05) is 12.6 Å². The first-order valence-electron chi connectivity index (χ1n) is 7.88. The van der Waals surface area contributed by atoms with Gasteiger partial charge in [-0.3, -0.25) is 9.59 Å². The Morgan fingerprint density at radius 3 is 2.20 bits per heavy atom. The zero-order valence-corrected chi connectivity index (χ0v) is 14.9. The lowest BCUT2D eigenvalue weighted by molar-refractivity contribution is -0.130. The van der Waals surface area contributed by atoms with Gasteiger partial charge in [-0.1, -0.05) is 6.92 Å². The van der Waals surface area contributed by atoms with Crippen molar-refractivity contribution in [2.75, 3.05) is 27.4 Å². The van der Waals surface area contributed by atoms with E-state index in [0.717, 1.165) is 6.42 Å². The molecule has 0 fully saturated rings. The molecule has 0 aliphatic carbocycles. The first-order chi connectivity index (χ1) is 11.9. The second-order valence-corrected chi connectivity index (χ2v) is 5.26. The summed E-state index contributed by atoms with van der Waals surface area (Å²) in [6.45, 7) is 3.52. The predicted octanol–water partition coefficient (Wildman–Crippen LogP) is 0.892. The molecule has 25 heavy (non-hydrogen) atoms. The van der Waals surface area contributed by atoms with E-state index in [-0.39, 0.29) is 11.5 Å². The van der Waals surface area contributed by atoms with Crippen molar-refractivity contribution in [3.05, 3.63) is 23.8 Å². The van der Waals surface area contributed by atoms with Gasteiger partial charge in [-0.15, -0.1) is 0 Å². The van der Waals surface area contributed by atoms with Gasteiger partial charge >= 0.3 is 5.97 Å². The molecule has 0 saturated carbocycles. The molecule has 0 aromatic heterocycles. The number of methoxy groups -OCH3 is 2. The minimum absolute atomic E-state index is 0.192. The second-order valence-electron chi connectivity index (χ2n) is 5.26. The number of nitrogens with one attached hydrogen (secondary N) is 2. The quantitative estimate of drug-likeness (QED) is 0.640. The molecule has 8 heteroatoms. The Bertz CT molecular complexity index is 595. The predicted molar refractivity (Wildman–Crippen MR) is 90.7 cm³/mol. The number of esters is 1. The summed E-state index contributed by atoms with van der Waals surface area (Å²) in [5.41, 5.74) is 0.192. The van der Waals surface area contributed by atoms with E-state index in [2.05, 4.69) is 10.6 Å². The summed E-state index contributed by atoms with van der Waals surface area (Å²) in [5, 5.41) is 5.13. The second kappa shape index (κ2) is 10.2. The molecule has 0 radical (unpaired) electrons. The highest BCUT2D eigenvalue weighted by molar-refractivity contribution is 5.93. The van der Waals surface area contributed by atoms with Crippen molar-refractivity contribution in [3.8, 4) is 11.5 Å². The minimum Gasteiger partial charge on any atom is -0.497 e. The third-order valence-electron chi connectivity index (χ3n) is 3.24. The monoisotopic (exact) mass is 352 g/mol. The summed E-state index contributed by atoms with van der Waals surface area (Å²) in [6.07, 6.45) is 0.800. The van der Waals surface area contributed by atoms with E-state index in [9.17, 15) is 14.4 Å². The molecule has 1 atom stereocenters. The fraction of sp³-hybridized carbons (Fsp3) is 0.471. The molecule has 0 aliphatic heterocycles. The minimum atomic E-state index is -0.713. The van der Waals surface area contributed by atoms with Gasteiger partial charge in [-0.25, -0.2) is 4.79 Å². The van der Waals surface area contributed by atoms with Crippen LogP contribution in [0.4, 0.5) is 0 Å². The van der Waals surface area contributed by atoms with Gasteiger partial charge in [0.05, 0.1) is 19.8 Å². The van der Waals surface area contributed by atoms with E-state index in [1.54, 1.807) is 13.0 Å².